The molecule has 0 aliphatic heterocycles. The van der Waals surface area contributed by atoms with Gasteiger partial charge in [-0.05, 0) is 38.0 Å². The molecule has 0 radical (unpaired) electrons. The first kappa shape index (κ1) is 30.4. The fourth-order valence-electron chi connectivity index (χ4n) is 3.47. The van der Waals surface area contributed by atoms with Gasteiger partial charge in [-0.3, -0.25) is 0 Å². The lowest BCUT2D eigenvalue weighted by atomic mass is 10.3. The lowest BCUT2D eigenvalue weighted by Crippen LogP contribution is -2.17. The van der Waals surface area contributed by atoms with E-state index in [1.807, 2.05) is 20.8 Å². The highest BCUT2D eigenvalue weighted by molar-refractivity contribution is 7.89. The van der Waals surface area contributed by atoms with Crippen molar-refractivity contribution in [2.45, 2.75) is 63.9 Å². The van der Waals surface area contributed by atoms with Crippen LogP contribution in [0.5, 0.6) is 5.88 Å². The Morgan fingerprint density at radius 3 is 1.70 bits per heavy atom. The standard InChI is InChI=1S/C11H16N4O3S.C9H11ClN4O2S.CH4/c1-3-5-8-11(19(12,16)17)15-9(13-8)6-7-10(14-15)18-4-2;1-2-3-6-9(17(11,15)16)14-8(12-6)5-4-7(10)13-14;/h6-7H,3-5H2,1-2H3,(H2,12,16,17);4-5H,2-3H2,1H3,(H2,11,15,16);1H4. The molecule has 4 rings (SSSR count). The number of rotatable bonds is 8. The van der Waals surface area contributed by atoms with E-state index in [4.69, 9.17) is 26.6 Å². The van der Waals surface area contributed by atoms with E-state index >= 15 is 0 Å². The number of hydrogen-bond acceptors (Lipinski definition) is 9. The van der Waals surface area contributed by atoms with Crippen molar-refractivity contribution in [3.05, 3.63) is 40.8 Å². The first-order valence-corrected chi connectivity index (χ1v) is 14.5. The van der Waals surface area contributed by atoms with E-state index in [0.717, 1.165) is 12.8 Å². The SMILES string of the molecule is C.CCCc1nc2ccc(Cl)nn2c1S(N)(=O)=O.CCCc1nc2ccc(OCC)nn2c1S(N)(=O)=O. The van der Waals surface area contributed by atoms with Gasteiger partial charge in [-0.1, -0.05) is 45.7 Å². The number of fused-ring (bicyclic) bond motifs is 2. The zero-order chi connectivity index (χ0) is 26.7. The Labute approximate surface area is 220 Å². The fourth-order valence-corrected chi connectivity index (χ4v) is 5.31. The number of halogens is 1. The van der Waals surface area contributed by atoms with Crippen LogP contribution >= 0.6 is 11.6 Å². The van der Waals surface area contributed by atoms with Crippen molar-refractivity contribution >= 4 is 42.9 Å². The van der Waals surface area contributed by atoms with Gasteiger partial charge < -0.3 is 4.74 Å². The predicted octanol–water partition coefficient (Wildman–Crippen LogP) is 2.35. The number of aromatic nitrogens is 6. The lowest BCUT2D eigenvalue weighted by molar-refractivity contribution is 0.320. The second-order valence-corrected chi connectivity index (χ2v) is 11.0. The minimum absolute atomic E-state index is 0. The monoisotopic (exact) mass is 574 g/mol. The molecule has 204 valence electrons. The van der Waals surface area contributed by atoms with E-state index in [9.17, 15) is 16.8 Å². The maximum Gasteiger partial charge on any atom is 0.257 e. The van der Waals surface area contributed by atoms with Gasteiger partial charge >= 0.3 is 0 Å². The Balaban J connectivity index is 0.000000255. The van der Waals surface area contributed by atoms with Crippen molar-refractivity contribution in [2.24, 2.45) is 10.3 Å². The minimum atomic E-state index is -3.89. The van der Waals surface area contributed by atoms with Crippen LogP contribution in [0.3, 0.4) is 0 Å². The average Bonchev–Trinajstić information content (AvgIpc) is 3.31. The summed E-state index contributed by atoms with van der Waals surface area (Å²) in [6.07, 6.45) is 2.58. The third-order valence-corrected chi connectivity index (χ3v) is 6.85. The summed E-state index contributed by atoms with van der Waals surface area (Å²) in [4.78, 5) is 8.45. The topological polar surface area (TPSA) is 190 Å². The maximum absolute atomic E-state index is 11.7. The van der Waals surface area contributed by atoms with Crippen LogP contribution in [0.2, 0.25) is 5.15 Å². The van der Waals surface area contributed by atoms with Crippen LogP contribution in [0.1, 0.15) is 52.4 Å². The van der Waals surface area contributed by atoms with Gasteiger partial charge in [-0.2, -0.15) is 14.1 Å². The second kappa shape index (κ2) is 12.1. The molecular weight excluding hydrogens is 544 g/mol. The number of imidazole rings is 2. The zero-order valence-corrected chi connectivity index (χ0v) is 22.3. The van der Waals surface area contributed by atoms with Crippen molar-refractivity contribution < 1.29 is 21.6 Å². The summed E-state index contributed by atoms with van der Waals surface area (Å²) in [6, 6.07) is 6.45. The Morgan fingerprint density at radius 1 is 0.811 bits per heavy atom. The summed E-state index contributed by atoms with van der Waals surface area (Å²) in [5.74, 6) is 0.334. The Kier molecular flexibility index (Phi) is 9.96. The van der Waals surface area contributed by atoms with Crippen molar-refractivity contribution in [3.8, 4) is 5.88 Å². The van der Waals surface area contributed by atoms with Gasteiger partial charge in [0.15, 0.2) is 21.3 Å². The molecule has 0 aliphatic carbocycles. The van der Waals surface area contributed by atoms with Crippen molar-refractivity contribution in [2.75, 3.05) is 6.61 Å². The summed E-state index contributed by atoms with van der Waals surface area (Å²) in [5.41, 5.74) is 1.72. The Morgan fingerprint density at radius 2 is 1.27 bits per heavy atom. The number of ether oxygens (including phenoxy) is 1. The van der Waals surface area contributed by atoms with E-state index in [0.29, 0.717) is 48.0 Å². The first-order chi connectivity index (χ1) is 16.9. The van der Waals surface area contributed by atoms with Crippen molar-refractivity contribution in [1.29, 1.82) is 0 Å². The molecule has 37 heavy (non-hydrogen) atoms. The largest absolute Gasteiger partial charge is 0.477 e. The lowest BCUT2D eigenvalue weighted by Gasteiger charge is -2.03. The molecule has 0 fully saturated rings. The van der Waals surface area contributed by atoms with Crippen LogP contribution in [0.15, 0.2) is 34.3 Å². The molecule has 0 bridgehead atoms. The minimum Gasteiger partial charge on any atom is -0.477 e. The Bertz CT molecular complexity index is 1600. The van der Waals surface area contributed by atoms with Gasteiger partial charge in [0.05, 0.1) is 18.0 Å². The van der Waals surface area contributed by atoms with E-state index in [2.05, 4.69) is 20.2 Å². The van der Waals surface area contributed by atoms with Crippen LogP contribution in [0, 0.1) is 0 Å². The molecule has 0 unspecified atom stereocenters. The molecular formula is C21H31ClN8O5S2. The molecule has 0 amide bonds. The van der Waals surface area contributed by atoms with Gasteiger partial charge in [0, 0.05) is 6.07 Å². The molecule has 0 aromatic carbocycles. The number of primary sulfonamides is 2. The number of hydrogen-bond donors (Lipinski definition) is 2. The smallest absolute Gasteiger partial charge is 0.257 e. The average molecular weight is 575 g/mol. The highest BCUT2D eigenvalue weighted by Gasteiger charge is 2.23. The molecule has 13 nitrogen and oxygen atoms in total. The highest BCUT2D eigenvalue weighted by Crippen LogP contribution is 2.20. The number of aryl methyl sites for hydroxylation is 2. The first-order valence-electron chi connectivity index (χ1n) is 11.0. The van der Waals surface area contributed by atoms with Gasteiger partial charge in [-0.15, -0.1) is 5.10 Å². The molecule has 4 aromatic rings. The number of nitrogens with zero attached hydrogens (tertiary/aromatic N) is 6. The molecule has 4 heterocycles. The summed E-state index contributed by atoms with van der Waals surface area (Å²) in [7, 11) is -7.76. The normalized spacial score (nSPS) is 11.7. The second-order valence-electron chi connectivity index (χ2n) is 7.62. The molecule has 4 N–H and O–H groups in total. The van der Waals surface area contributed by atoms with Gasteiger partial charge in [0.1, 0.15) is 5.15 Å². The zero-order valence-electron chi connectivity index (χ0n) is 19.9. The molecule has 16 heteroatoms. The molecule has 0 spiro atoms. The number of sulfonamides is 2. The van der Waals surface area contributed by atoms with Crippen molar-refractivity contribution in [1.82, 2.24) is 29.2 Å². The maximum atomic E-state index is 11.7. The summed E-state index contributed by atoms with van der Waals surface area (Å²) in [5, 5.41) is 18.5. The van der Waals surface area contributed by atoms with Crippen LogP contribution in [-0.4, -0.2) is 52.6 Å². The van der Waals surface area contributed by atoms with E-state index in [1.54, 1.807) is 24.3 Å². The van der Waals surface area contributed by atoms with E-state index in [-0.39, 0.29) is 22.6 Å². The molecule has 0 aliphatic rings. The van der Waals surface area contributed by atoms with E-state index < -0.39 is 20.0 Å². The summed E-state index contributed by atoms with van der Waals surface area (Å²) in [6.45, 7) is 6.13. The van der Waals surface area contributed by atoms with Gasteiger partial charge in [-0.25, -0.2) is 37.1 Å². The fraction of sp³-hybridized carbons (Fsp3) is 0.429. The Hall–Kier alpha value is -2.85. The molecule has 0 saturated carbocycles. The van der Waals surface area contributed by atoms with Crippen LogP contribution < -0.4 is 15.0 Å². The predicted molar refractivity (Wildman–Crippen MR) is 140 cm³/mol. The third kappa shape index (κ3) is 6.93. The number of nitrogens with two attached hydrogens (primary N) is 2. The van der Waals surface area contributed by atoms with Gasteiger partial charge in [0.25, 0.3) is 20.0 Å². The quantitative estimate of drug-likeness (QED) is 0.318. The van der Waals surface area contributed by atoms with Crippen LogP contribution in [0.25, 0.3) is 11.3 Å². The highest BCUT2D eigenvalue weighted by atomic mass is 35.5. The molecule has 4 aromatic heterocycles. The summed E-state index contributed by atoms with van der Waals surface area (Å²) >= 11 is 5.73. The van der Waals surface area contributed by atoms with Crippen molar-refractivity contribution in [3.63, 3.8) is 0 Å². The summed E-state index contributed by atoms with van der Waals surface area (Å²) < 4.78 is 54.2. The van der Waals surface area contributed by atoms with E-state index in [1.165, 1.54) is 9.03 Å². The van der Waals surface area contributed by atoms with Crippen LogP contribution in [0.4, 0.5) is 0 Å². The molecule has 0 saturated heterocycles. The van der Waals surface area contributed by atoms with Gasteiger partial charge in [0.2, 0.25) is 5.88 Å². The molecule has 0 atom stereocenters. The third-order valence-electron chi connectivity index (χ3n) is 4.76. The van der Waals surface area contributed by atoms with Crippen LogP contribution in [-0.2, 0) is 32.9 Å².